The molecule has 1 saturated heterocycles. The van der Waals surface area contributed by atoms with E-state index in [4.69, 9.17) is 0 Å². The number of rotatable bonds is 4. The Morgan fingerprint density at radius 1 is 1.24 bits per heavy atom. The molecule has 1 saturated carbocycles. The van der Waals surface area contributed by atoms with Crippen LogP contribution in [0.3, 0.4) is 0 Å². The summed E-state index contributed by atoms with van der Waals surface area (Å²) in [6.07, 6.45) is 5.11. The Bertz CT molecular complexity index is 1160. The Balaban J connectivity index is 1.43. The van der Waals surface area contributed by atoms with Crippen molar-refractivity contribution in [3.63, 3.8) is 0 Å². The summed E-state index contributed by atoms with van der Waals surface area (Å²) in [6.45, 7) is -1.10. The fraction of sp³-hybridized carbons (Fsp3) is 0.368. The van der Waals surface area contributed by atoms with Gasteiger partial charge in [0, 0.05) is 37.2 Å². The van der Waals surface area contributed by atoms with Gasteiger partial charge in [0.25, 0.3) is 11.8 Å². The average Bonchev–Trinajstić information content (AvgIpc) is 3.46. The molecule has 2 aliphatic rings. The molecule has 0 aromatic carbocycles. The second kappa shape index (κ2) is 6.10. The second-order valence-electron chi connectivity index (χ2n) is 7.54. The number of hydrogen-bond acceptors (Lipinski definition) is 5. The lowest BCUT2D eigenvalue weighted by Gasteiger charge is -2.38. The van der Waals surface area contributed by atoms with Crippen molar-refractivity contribution >= 4 is 23.1 Å². The van der Waals surface area contributed by atoms with Gasteiger partial charge in [0.15, 0.2) is 5.65 Å². The number of carbonyl (C=O) groups is 1. The lowest BCUT2D eigenvalue weighted by atomic mass is 10.1. The smallest absolute Gasteiger partial charge is 0.326 e. The predicted molar refractivity (Wildman–Crippen MR) is 101 cm³/mol. The Labute approximate surface area is 164 Å². The van der Waals surface area contributed by atoms with Gasteiger partial charge >= 0.3 is 5.69 Å². The SMILES string of the molecule is Cn1nc2cc(N(c3ccc(C(=O)N4CC(F)(F)C4)cn3)C3CC3)ccn2c1=O. The minimum absolute atomic E-state index is 0.220. The van der Waals surface area contributed by atoms with Gasteiger partial charge in [-0.15, -0.1) is 0 Å². The van der Waals surface area contributed by atoms with Gasteiger partial charge in [0.05, 0.1) is 18.7 Å². The molecule has 0 atom stereocenters. The van der Waals surface area contributed by atoms with Crippen molar-refractivity contribution in [2.75, 3.05) is 18.0 Å². The van der Waals surface area contributed by atoms with E-state index in [1.807, 2.05) is 17.0 Å². The molecule has 29 heavy (non-hydrogen) atoms. The molecule has 0 bridgehead atoms. The van der Waals surface area contributed by atoms with Gasteiger partial charge in [-0.25, -0.2) is 23.2 Å². The summed E-state index contributed by atoms with van der Waals surface area (Å²) >= 11 is 0. The minimum Gasteiger partial charge on any atom is -0.326 e. The first-order chi connectivity index (χ1) is 13.8. The molecule has 0 spiro atoms. The number of aryl methyl sites for hydroxylation is 1. The fourth-order valence-corrected chi connectivity index (χ4v) is 3.57. The number of halogens is 2. The zero-order valence-corrected chi connectivity index (χ0v) is 15.6. The Kier molecular flexibility index (Phi) is 3.74. The molecule has 8 nitrogen and oxygen atoms in total. The average molecular weight is 400 g/mol. The molecule has 10 heteroatoms. The van der Waals surface area contributed by atoms with Crippen LogP contribution in [0.2, 0.25) is 0 Å². The molecule has 4 heterocycles. The lowest BCUT2D eigenvalue weighted by molar-refractivity contribution is -0.113. The molecule has 3 aromatic heterocycles. The van der Waals surface area contributed by atoms with Crippen LogP contribution in [-0.2, 0) is 7.05 Å². The summed E-state index contributed by atoms with van der Waals surface area (Å²) in [5.41, 5.74) is 1.44. The Morgan fingerprint density at radius 3 is 2.62 bits per heavy atom. The van der Waals surface area contributed by atoms with E-state index in [1.54, 1.807) is 25.4 Å². The quantitative estimate of drug-likeness (QED) is 0.668. The van der Waals surface area contributed by atoms with Crippen LogP contribution in [0, 0.1) is 0 Å². The summed E-state index contributed by atoms with van der Waals surface area (Å²) in [5, 5.41) is 4.22. The van der Waals surface area contributed by atoms with Crippen LogP contribution in [0.5, 0.6) is 0 Å². The van der Waals surface area contributed by atoms with Crippen molar-refractivity contribution in [1.29, 1.82) is 0 Å². The van der Waals surface area contributed by atoms with E-state index in [0.717, 1.165) is 23.4 Å². The Hall–Kier alpha value is -3.30. The molecule has 1 aliphatic carbocycles. The molecule has 150 valence electrons. The molecule has 3 aromatic rings. The van der Waals surface area contributed by atoms with Crippen LogP contribution in [0.15, 0.2) is 41.5 Å². The summed E-state index contributed by atoms with van der Waals surface area (Å²) in [4.78, 5) is 31.9. The predicted octanol–water partition coefficient (Wildman–Crippen LogP) is 1.82. The van der Waals surface area contributed by atoms with Crippen LogP contribution < -0.4 is 10.6 Å². The number of likely N-dealkylation sites (tertiary alicyclic amines) is 1. The summed E-state index contributed by atoms with van der Waals surface area (Å²) in [5.74, 6) is -2.58. The second-order valence-corrected chi connectivity index (χ2v) is 7.54. The number of alkyl halides is 2. The summed E-state index contributed by atoms with van der Waals surface area (Å²) in [6, 6.07) is 7.26. The number of fused-ring (bicyclic) bond motifs is 1. The molecule has 1 aliphatic heterocycles. The molecular formula is C19H18F2N6O2. The maximum atomic E-state index is 13.0. The molecule has 0 unspecified atom stereocenters. The molecule has 1 amide bonds. The number of amides is 1. The third kappa shape index (κ3) is 3.04. The van der Waals surface area contributed by atoms with Crippen LogP contribution in [0.25, 0.3) is 5.65 Å². The van der Waals surface area contributed by atoms with Gasteiger partial charge in [-0.05, 0) is 31.0 Å². The monoisotopic (exact) mass is 400 g/mol. The van der Waals surface area contributed by atoms with E-state index in [1.165, 1.54) is 15.3 Å². The van der Waals surface area contributed by atoms with E-state index in [2.05, 4.69) is 10.1 Å². The van der Waals surface area contributed by atoms with Crippen LogP contribution in [-0.4, -0.2) is 55.0 Å². The molecular weight excluding hydrogens is 382 g/mol. The van der Waals surface area contributed by atoms with Gasteiger partial charge < -0.3 is 9.80 Å². The number of carbonyl (C=O) groups excluding carboxylic acids is 1. The third-order valence-corrected chi connectivity index (χ3v) is 5.22. The maximum absolute atomic E-state index is 13.0. The normalized spacial score (nSPS) is 18.0. The van der Waals surface area contributed by atoms with Crippen LogP contribution in [0.4, 0.5) is 20.3 Å². The lowest BCUT2D eigenvalue weighted by Crippen LogP contribution is -2.58. The van der Waals surface area contributed by atoms with E-state index in [-0.39, 0.29) is 17.3 Å². The van der Waals surface area contributed by atoms with E-state index >= 15 is 0 Å². The summed E-state index contributed by atoms with van der Waals surface area (Å²) in [7, 11) is 1.60. The van der Waals surface area contributed by atoms with Gasteiger partial charge in [0.2, 0.25) is 0 Å². The van der Waals surface area contributed by atoms with E-state index < -0.39 is 24.9 Å². The fourth-order valence-electron chi connectivity index (χ4n) is 3.57. The highest BCUT2D eigenvalue weighted by Crippen LogP contribution is 2.37. The van der Waals surface area contributed by atoms with Crippen molar-refractivity contribution in [2.24, 2.45) is 7.05 Å². The number of anilines is 2. The maximum Gasteiger partial charge on any atom is 0.350 e. The van der Waals surface area contributed by atoms with Crippen molar-refractivity contribution in [3.05, 3.63) is 52.7 Å². The highest BCUT2D eigenvalue weighted by atomic mass is 19.3. The molecule has 2 fully saturated rings. The van der Waals surface area contributed by atoms with Crippen molar-refractivity contribution in [2.45, 2.75) is 24.8 Å². The highest BCUT2D eigenvalue weighted by molar-refractivity contribution is 5.94. The van der Waals surface area contributed by atoms with Gasteiger partial charge in [0.1, 0.15) is 5.82 Å². The Morgan fingerprint density at radius 2 is 2.00 bits per heavy atom. The van der Waals surface area contributed by atoms with Gasteiger partial charge in [-0.3, -0.25) is 9.20 Å². The molecule has 0 radical (unpaired) electrons. The highest BCUT2D eigenvalue weighted by Gasteiger charge is 2.46. The standard InChI is InChI=1S/C19H18F2N6O2/c1-24-18(29)26-7-6-14(8-16(26)23-24)27(13-3-4-13)15-5-2-12(9-22-15)17(28)25-10-19(20,21)11-25/h2,5-9,13H,3-4,10-11H2,1H3. The first-order valence-corrected chi connectivity index (χ1v) is 9.30. The number of aromatic nitrogens is 4. The number of hydrogen-bond donors (Lipinski definition) is 0. The zero-order valence-electron chi connectivity index (χ0n) is 15.6. The van der Waals surface area contributed by atoms with Crippen molar-refractivity contribution in [3.8, 4) is 0 Å². The first-order valence-electron chi connectivity index (χ1n) is 9.30. The van der Waals surface area contributed by atoms with Gasteiger partial charge in [-0.1, -0.05) is 0 Å². The minimum atomic E-state index is -2.79. The molecule has 5 rings (SSSR count). The van der Waals surface area contributed by atoms with E-state index in [0.29, 0.717) is 11.5 Å². The largest absolute Gasteiger partial charge is 0.350 e. The number of pyridine rings is 2. The van der Waals surface area contributed by atoms with Crippen LogP contribution >= 0.6 is 0 Å². The van der Waals surface area contributed by atoms with Crippen molar-refractivity contribution < 1.29 is 13.6 Å². The first kappa shape index (κ1) is 17.8. The topological polar surface area (TPSA) is 75.7 Å². The van der Waals surface area contributed by atoms with Crippen molar-refractivity contribution in [1.82, 2.24) is 24.1 Å². The van der Waals surface area contributed by atoms with Crippen LogP contribution in [0.1, 0.15) is 23.2 Å². The number of nitrogens with zero attached hydrogens (tertiary/aromatic N) is 6. The zero-order chi connectivity index (χ0) is 20.3. The third-order valence-electron chi connectivity index (χ3n) is 5.22. The summed E-state index contributed by atoms with van der Waals surface area (Å²) < 4.78 is 28.8. The molecule has 0 N–H and O–H groups in total. The van der Waals surface area contributed by atoms with Gasteiger partial charge in [-0.2, -0.15) is 5.10 Å². The van der Waals surface area contributed by atoms with E-state index in [9.17, 15) is 18.4 Å².